The summed E-state index contributed by atoms with van der Waals surface area (Å²) in [6, 6.07) is 12.8. The number of carbonyl (C=O) groups excluding carboxylic acids is 1. The highest BCUT2D eigenvalue weighted by molar-refractivity contribution is 7.88. The zero-order chi connectivity index (χ0) is 17.0. The first kappa shape index (κ1) is 17.1. The van der Waals surface area contributed by atoms with Crippen LogP contribution in [0.1, 0.15) is 11.6 Å². The third kappa shape index (κ3) is 4.37. The smallest absolute Gasteiger partial charge is 0.247 e. The van der Waals surface area contributed by atoms with E-state index in [2.05, 4.69) is 5.32 Å². The lowest BCUT2D eigenvalue weighted by Crippen LogP contribution is -2.38. The molecule has 1 unspecified atom stereocenters. The summed E-state index contributed by atoms with van der Waals surface area (Å²) in [5, 5.41) is 2.61. The fourth-order valence-electron chi connectivity index (χ4n) is 2.10. The van der Waals surface area contributed by atoms with Crippen LogP contribution in [0.5, 0.6) is 0 Å². The van der Waals surface area contributed by atoms with Crippen molar-refractivity contribution >= 4 is 21.6 Å². The maximum absolute atomic E-state index is 12.9. The van der Waals surface area contributed by atoms with Gasteiger partial charge in [0.15, 0.2) is 0 Å². The SMILES string of the molecule is CN(C(C(=O)Nc1ccc(F)cc1)c1ccccc1)S(C)(=O)=O. The number of nitrogens with one attached hydrogen (secondary N) is 1. The molecule has 5 nitrogen and oxygen atoms in total. The number of amides is 1. The van der Waals surface area contributed by atoms with E-state index in [1.807, 2.05) is 0 Å². The number of likely N-dealkylation sites (N-methyl/N-ethyl adjacent to an activating group) is 1. The Kier molecular flexibility index (Phi) is 5.12. The van der Waals surface area contributed by atoms with Crippen LogP contribution in [-0.4, -0.2) is 31.9 Å². The van der Waals surface area contributed by atoms with Gasteiger partial charge in [-0.25, -0.2) is 12.8 Å². The van der Waals surface area contributed by atoms with Crippen LogP contribution in [0.4, 0.5) is 10.1 Å². The van der Waals surface area contributed by atoms with Crippen LogP contribution >= 0.6 is 0 Å². The molecule has 2 aromatic carbocycles. The number of anilines is 1. The van der Waals surface area contributed by atoms with Crippen molar-refractivity contribution in [2.45, 2.75) is 6.04 Å². The van der Waals surface area contributed by atoms with Crippen molar-refractivity contribution in [3.63, 3.8) is 0 Å². The summed E-state index contributed by atoms with van der Waals surface area (Å²) >= 11 is 0. The molecule has 0 fully saturated rings. The van der Waals surface area contributed by atoms with Crippen molar-refractivity contribution in [1.82, 2.24) is 4.31 Å². The number of nitrogens with zero attached hydrogens (tertiary/aromatic N) is 1. The molecule has 1 amide bonds. The fraction of sp³-hybridized carbons (Fsp3) is 0.188. The van der Waals surface area contributed by atoms with E-state index in [0.717, 1.165) is 10.6 Å². The average molecular weight is 336 g/mol. The van der Waals surface area contributed by atoms with Crippen molar-refractivity contribution in [3.8, 4) is 0 Å². The second-order valence-corrected chi connectivity index (χ2v) is 7.13. The molecule has 2 aromatic rings. The molecule has 0 heterocycles. The third-order valence-electron chi connectivity index (χ3n) is 3.36. The van der Waals surface area contributed by atoms with Crippen LogP contribution < -0.4 is 5.32 Å². The number of rotatable bonds is 5. The summed E-state index contributed by atoms with van der Waals surface area (Å²) in [6.07, 6.45) is 1.04. The molecule has 0 aliphatic heterocycles. The molecule has 1 atom stereocenters. The Morgan fingerprint density at radius 2 is 1.65 bits per heavy atom. The van der Waals surface area contributed by atoms with Crippen molar-refractivity contribution in [1.29, 1.82) is 0 Å². The maximum Gasteiger partial charge on any atom is 0.247 e. The van der Waals surface area contributed by atoms with Gasteiger partial charge in [-0.3, -0.25) is 4.79 Å². The molecule has 0 radical (unpaired) electrons. The van der Waals surface area contributed by atoms with Crippen molar-refractivity contribution in [2.24, 2.45) is 0 Å². The number of carbonyl (C=O) groups is 1. The standard InChI is InChI=1S/C16H17FN2O3S/c1-19(23(2,21)22)15(12-6-4-3-5-7-12)16(20)18-14-10-8-13(17)9-11-14/h3-11,15H,1-2H3,(H,18,20). The molecule has 122 valence electrons. The summed E-state index contributed by atoms with van der Waals surface area (Å²) in [6.45, 7) is 0. The lowest BCUT2D eigenvalue weighted by Gasteiger charge is -2.25. The monoisotopic (exact) mass is 336 g/mol. The number of hydrogen-bond acceptors (Lipinski definition) is 3. The largest absolute Gasteiger partial charge is 0.324 e. The van der Waals surface area contributed by atoms with Crippen LogP contribution in [-0.2, 0) is 14.8 Å². The Balaban J connectivity index is 2.33. The van der Waals surface area contributed by atoms with Gasteiger partial charge in [-0.15, -0.1) is 0 Å². The van der Waals surface area contributed by atoms with Crippen molar-refractivity contribution in [2.75, 3.05) is 18.6 Å². The van der Waals surface area contributed by atoms with Gasteiger partial charge < -0.3 is 5.32 Å². The van der Waals surface area contributed by atoms with E-state index < -0.39 is 27.8 Å². The lowest BCUT2D eigenvalue weighted by molar-refractivity contribution is -0.119. The van der Waals surface area contributed by atoms with E-state index in [1.165, 1.54) is 31.3 Å². The predicted octanol–water partition coefficient (Wildman–Crippen LogP) is 2.40. The van der Waals surface area contributed by atoms with E-state index in [-0.39, 0.29) is 0 Å². The maximum atomic E-state index is 12.9. The molecule has 23 heavy (non-hydrogen) atoms. The Bertz CT molecular complexity index is 777. The van der Waals surface area contributed by atoms with Gasteiger partial charge in [-0.1, -0.05) is 30.3 Å². The number of sulfonamides is 1. The molecular formula is C16H17FN2O3S. The van der Waals surface area contributed by atoms with Crippen LogP contribution in [0.25, 0.3) is 0 Å². The zero-order valence-corrected chi connectivity index (χ0v) is 13.5. The van der Waals surface area contributed by atoms with Crippen molar-refractivity contribution < 1.29 is 17.6 Å². The second-order valence-electron chi connectivity index (χ2n) is 5.09. The molecule has 0 bridgehead atoms. The second kappa shape index (κ2) is 6.89. The minimum atomic E-state index is -3.58. The van der Waals surface area contributed by atoms with Crippen LogP contribution in [0.2, 0.25) is 0 Å². The van der Waals surface area contributed by atoms with Gasteiger partial charge in [-0.05, 0) is 29.8 Å². The molecule has 0 spiro atoms. The Morgan fingerprint density at radius 3 is 2.17 bits per heavy atom. The Morgan fingerprint density at radius 1 is 1.09 bits per heavy atom. The number of halogens is 1. The lowest BCUT2D eigenvalue weighted by atomic mass is 10.1. The highest BCUT2D eigenvalue weighted by Crippen LogP contribution is 2.23. The minimum Gasteiger partial charge on any atom is -0.324 e. The highest BCUT2D eigenvalue weighted by atomic mass is 32.2. The van der Waals surface area contributed by atoms with Crippen molar-refractivity contribution in [3.05, 3.63) is 66.0 Å². The van der Waals surface area contributed by atoms with Gasteiger partial charge in [0.1, 0.15) is 11.9 Å². The predicted molar refractivity (Wildman–Crippen MR) is 86.8 cm³/mol. The third-order valence-corrected chi connectivity index (χ3v) is 4.62. The molecule has 2 rings (SSSR count). The van der Waals surface area contributed by atoms with E-state index in [0.29, 0.717) is 11.3 Å². The molecule has 7 heteroatoms. The van der Waals surface area contributed by atoms with E-state index in [9.17, 15) is 17.6 Å². The average Bonchev–Trinajstić information content (AvgIpc) is 2.50. The highest BCUT2D eigenvalue weighted by Gasteiger charge is 2.30. The zero-order valence-electron chi connectivity index (χ0n) is 12.7. The van der Waals surface area contributed by atoms with Gasteiger partial charge in [0.2, 0.25) is 15.9 Å². The summed E-state index contributed by atoms with van der Waals surface area (Å²) in [5.74, 6) is -0.938. The van der Waals surface area contributed by atoms with Gasteiger partial charge >= 0.3 is 0 Å². The van der Waals surface area contributed by atoms with Gasteiger partial charge in [0, 0.05) is 12.7 Å². The molecule has 0 aliphatic rings. The quantitative estimate of drug-likeness (QED) is 0.912. The topological polar surface area (TPSA) is 66.5 Å². The van der Waals surface area contributed by atoms with Gasteiger partial charge in [-0.2, -0.15) is 4.31 Å². The molecule has 0 aromatic heterocycles. The first-order valence-electron chi connectivity index (χ1n) is 6.83. The normalized spacial score (nSPS) is 12.9. The summed E-state index contributed by atoms with van der Waals surface area (Å²) in [5.41, 5.74) is 0.930. The molecule has 0 saturated carbocycles. The fourth-order valence-corrected chi connectivity index (χ4v) is 2.70. The van der Waals surface area contributed by atoms with E-state index in [1.54, 1.807) is 30.3 Å². The van der Waals surface area contributed by atoms with Gasteiger partial charge in [0.25, 0.3) is 0 Å². The molecule has 1 N–H and O–H groups in total. The summed E-state index contributed by atoms with van der Waals surface area (Å²) < 4.78 is 37.6. The van der Waals surface area contributed by atoms with E-state index >= 15 is 0 Å². The number of benzene rings is 2. The van der Waals surface area contributed by atoms with Crippen LogP contribution in [0, 0.1) is 5.82 Å². The van der Waals surface area contributed by atoms with Gasteiger partial charge in [0.05, 0.1) is 6.26 Å². The molecule has 0 saturated heterocycles. The van der Waals surface area contributed by atoms with Crippen LogP contribution in [0.3, 0.4) is 0 Å². The van der Waals surface area contributed by atoms with Crippen LogP contribution in [0.15, 0.2) is 54.6 Å². The molecule has 0 aliphatic carbocycles. The molecular weight excluding hydrogens is 319 g/mol. The minimum absolute atomic E-state index is 0.388. The van der Waals surface area contributed by atoms with E-state index in [4.69, 9.17) is 0 Å². The summed E-state index contributed by atoms with van der Waals surface area (Å²) in [7, 11) is -2.24. The Labute approximate surface area is 134 Å². The first-order chi connectivity index (χ1) is 10.8. The number of hydrogen-bond donors (Lipinski definition) is 1. The Hall–Kier alpha value is -2.25. The summed E-state index contributed by atoms with van der Waals surface area (Å²) in [4.78, 5) is 12.6. The first-order valence-corrected chi connectivity index (χ1v) is 8.68.